The minimum Gasteiger partial charge on any atom is -0.449 e. The third kappa shape index (κ3) is 5.14. The van der Waals surface area contributed by atoms with E-state index < -0.39 is 17.7 Å². The SMILES string of the molecule is O=C(Nc1ccc(C2=CCN(C(=O)OCCCO)CC2)cc1)N1Cc2c(F)ccc(F)c2C1. The molecule has 4 rings (SSSR count). The van der Waals surface area contributed by atoms with Gasteiger partial charge in [-0.2, -0.15) is 0 Å². The molecule has 0 spiro atoms. The van der Waals surface area contributed by atoms with Crippen LogP contribution in [0.3, 0.4) is 0 Å². The lowest BCUT2D eigenvalue weighted by atomic mass is 9.99. The number of benzene rings is 2. The van der Waals surface area contributed by atoms with E-state index in [1.807, 2.05) is 18.2 Å². The van der Waals surface area contributed by atoms with Crippen LogP contribution in [0, 0.1) is 11.6 Å². The number of amides is 3. The summed E-state index contributed by atoms with van der Waals surface area (Å²) < 4.78 is 33.0. The van der Waals surface area contributed by atoms with Crippen molar-refractivity contribution in [2.45, 2.75) is 25.9 Å². The third-order valence-corrected chi connectivity index (χ3v) is 5.80. The summed E-state index contributed by atoms with van der Waals surface area (Å²) in [6.45, 7) is 1.20. The van der Waals surface area contributed by atoms with E-state index in [9.17, 15) is 18.4 Å². The molecule has 9 heteroatoms. The van der Waals surface area contributed by atoms with Crippen molar-refractivity contribution in [2.24, 2.45) is 0 Å². The molecule has 0 saturated carbocycles. The van der Waals surface area contributed by atoms with Gasteiger partial charge in [-0.25, -0.2) is 18.4 Å². The zero-order valence-electron chi connectivity index (χ0n) is 18.0. The number of anilines is 1. The van der Waals surface area contributed by atoms with Gasteiger partial charge in [0.1, 0.15) is 11.6 Å². The van der Waals surface area contributed by atoms with E-state index in [0.29, 0.717) is 31.6 Å². The fourth-order valence-electron chi connectivity index (χ4n) is 3.94. The van der Waals surface area contributed by atoms with E-state index in [4.69, 9.17) is 9.84 Å². The van der Waals surface area contributed by atoms with Crippen molar-refractivity contribution in [1.82, 2.24) is 9.80 Å². The number of rotatable bonds is 5. The number of nitrogens with one attached hydrogen (secondary N) is 1. The highest BCUT2D eigenvalue weighted by atomic mass is 19.1. The predicted molar refractivity (Wildman–Crippen MR) is 118 cm³/mol. The Balaban J connectivity index is 1.32. The van der Waals surface area contributed by atoms with Crippen LogP contribution in [0.5, 0.6) is 0 Å². The van der Waals surface area contributed by atoms with Crippen LogP contribution in [0.1, 0.15) is 29.5 Å². The van der Waals surface area contributed by atoms with Crippen LogP contribution in [-0.4, -0.2) is 53.3 Å². The van der Waals surface area contributed by atoms with Crippen LogP contribution in [0.25, 0.3) is 5.57 Å². The summed E-state index contributed by atoms with van der Waals surface area (Å²) in [6.07, 6.45) is 2.67. The highest BCUT2D eigenvalue weighted by Crippen LogP contribution is 2.29. The topological polar surface area (TPSA) is 82.1 Å². The maximum atomic E-state index is 13.9. The van der Waals surface area contributed by atoms with E-state index in [-0.39, 0.29) is 43.5 Å². The number of urea groups is 1. The van der Waals surface area contributed by atoms with Crippen molar-refractivity contribution in [3.63, 3.8) is 0 Å². The molecule has 2 aliphatic heterocycles. The number of carbonyl (C=O) groups is 2. The fourth-order valence-corrected chi connectivity index (χ4v) is 3.94. The molecule has 0 bridgehead atoms. The number of hydrogen-bond donors (Lipinski definition) is 2. The molecule has 7 nitrogen and oxygen atoms in total. The van der Waals surface area contributed by atoms with Crippen molar-refractivity contribution in [3.8, 4) is 0 Å². The molecular formula is C24H25F2N3O4. The highest BCUT2D eigenvalue weighted by molar-refractivity contribution is 5.90. The summed E-state index contributed by atoms with van der Waals surface area (Å²) in [7, 11) is 0. The quantitative estimate of drug-likeness (QED) is 0.662. The second-order valence-electron chi connectivity index (χ2n) is 7.97. The van der Waals surface area contributed by atoms with Crippen molar-refractivity contribution in [2.75, 3.05) is 31.6 Å². The lowest BCUT2D eigenvalue weighted by molar-refractivity contribution is 0.0991. The molecule has 0 unspecified atom stereocenters. The molecule has 0 aromatic heterocycles. The van der Waals surface area contributed by atoms with Crippen LogP contribution in [-0.2, 0) is 17.8 Å². The van der Waals surface area contributed by atoms with Gasteiger partial charge < -0.3 is 25.0 Å². The smallest absolute Gasteiger partial charge is 0.410 e. The van der Waals surface area contributed by atoms with Gasteiger partial charge in [-0.3, -0.25) is 0 Å². The van der Waals surface area contributed by atoms with Gasteiger partial charge in [0.05, 0.1) is 19.7 Å². The zero-order chi connectivity index (χ0) is 23.4. The van der Waals surface area contributed by atoms with Crippen molar-refractivity contribution in [1.29, 1.82) is 0 Å². The third-order valence-electron chi connectivity index (χ3n) is 5.80. The largest absolute Gasteiger partial charge is 0.449 e. The van der Waals surface area contributed by atoms with E-state index in [1.165, 1.54) is 4.90 Å². The average Bonchev–Trinajstić information content (AvgIpc) is 3.29. The molecule has 33 heavy (non-hydrogen) atoms. The Hall–Kier alpha value is -3.46. The van der Waals surface area contributed by atoms with Gasteiger partial charge in [-0.15, -0.1) is 0 Å². The first kappa shape index (κ1) is 22.7. The number of aliphatic hydroxyl groups is 1. The number of carbonyl (C=O) groups excluding carboxylic acids is 2. The molecule has 2 heterocycles. The summed E-state index contributed by atoms with van der Waals surface area (Å²) in [5.41, 5.74) is 3.09. The number of hydrogen-bond acceptors (Lipinski definition) is 4. The maximum absolute atomic E-state index is 13.9. The molecule has 0 aliphatic carbocycles. The molecule has 2 N–H and O–H groups in total. The number of aliphatic hydroxyl groups excluding tert-OH is 1. The predicted octanol–water partition coefficient (Wildman–Crippen LogP) is 4.12. The summed E-state index contributed by atoms with van der Waals surface area (Å²) in [4.78, 5) is 27.5. The Morgan fingerprint density at radius 3 is 2.24 bits per heavy atom. The molecule has 2 aromatic rings. The van der Waals surface area contributed by atoms with Crippen LogP contribution < -0.4 is 5.32 Å². The molecule has 3 amide bonds. The molecule has 174 valence electrons. The molecule has 0 radical (unpaired) electrons. The molecule has 0 saturated heterocycles. The minimum absolute atomic E-state index is 0.0173. The van der Waals surface area contributed by atoms with Gasteiger partial charge >= 0.3 is 12.1 Å². The summed E-state index contributed by atoms with van der Waals surface area (Å²) in [5, 5.41) is 11.5. The Kier molecular flexibility index (Phi) is 6.88. The standard InChI is InChI=1S/C24H25F2N3O4/c25-21-6-7-22(26)20-15-29(14-19(20)21)23(31)27-18-4-2-16(3-5-18)17-8-10-28(11-9-17)24(32)33-13-1-12-30/h2-8,30H,1,9-15H2,(H,27,31). The molecule has 2 aromatic carbocycles. The zero-order valence-corrected chi connectivity index (χ0v) is 18.0. The Morgan fingerprint density at radius 2 is 1.67 bits per heavy atom. The van der Waals surface area contributed by atoms with Gasteiger partial charge in [0.25, 0.3) is 0 Å². The number of halogens is 2. The fraction of sp³-hybridized carbons (Fsp3) is 0.333. The lowest BCUT2D eigenvalue weighted by Gasteiger charge is -2.26. The first-order valence-corrected chi connectivity index (χ1v) is 10.8. The highest BCUT2D eigenvalue weighted by Gasteiger charge is 2.28. The summed E-state index contributed by atoms with van der Waals surface area (Å²) >= 11 is 0. The first-order valence-electron chi connectivity index (χ1n) is 10.8. The van der Waals surface area contributed by atoms with Gasteiger partial charge in [0.2, 0.25) is 0 Å². The lowest BCUT2D eigenvalue weighted by Crippen LogP contribution is -2.35. The van der Waals surface area contributed by atoms with Crippen molar-refractivity contribution >= 4 is 23.4 Å². The second kappa shape index (κ2) is 9.99. The van der Waals surface area contributed by atoms with Crippen LogP contribution in [0.2, 0.25) is 0 Å². The minimum atomic E-state index is -0.510. The van der Waals surface area contributed by atoms with Crippen molar-refractivity contribution in [3.05, 3.63) is 70.8 Å². The first-order chi connectivity index (χ1) is 16.0. The van der Waals surface area contributed by atoms with Crippen molar-refractivity contribution < 1.29 is 28.2 Å². The number of fused-ring (bicyclic) bond motifs is 1. The van der Waals surface area contributed by atoms with E-state index in [0.717, 1.165) is 23.3 Å². The number of nitrogens with zero attached hydrogens (tertiary/aromatic N) is 2. The summed E-state index contributed by atoms with van der Waals surface area (Å²) in [6, 6.07) is 9.04. The molecular weight excluding hydrogens is 432 g/mol. The van der Waals surface area contributed by atoms with Gasteiger partial charge in [0.15, 0.2) is 0 Å². The summed E-state index contributed by atoms with van der Waals surface area (Å²) in [5.74, 6) is -1.02. The van der Waals surface area contributed by atoms with E-state index in [2.05, 4.69) is 5.32 Å². The Bertz CT molecular complexity index is 1040. The van der Waals surface area contributed by atoms with Crippen LogP contribution >= 0.6 is 0 Å². The average molecular weight is 457 g/mol. The van der Waals surface area contributed by atoms with Crippen LogP contribution in [0.4, 0.5) is 24.1 Å². The maximum Gasteiger partial charge on any atom is 0.410 e. The molecule has 2 aliphatic rings. The second-order valence-corrected chi connectivity index (χ2v) is 7.97. The van der Waals surface area contributed by atoms with Gasteiger partial charge in [-0.05, 0) is 41.8 Å². The molecule has 0 fully saturated rings. The van der Waals surface area contributed by atoms with E-state index in [1.54, 1.807) is 17.0 Å². The normalized spacial score (nSPS) is 15.2. The van der Waals surface area contributed by atoms with Gasteiger partial charge in [-0.1, -0.05) is 18.2 Å². The number of ether oxygens (including phenoxy) is 1. The van der Waals surface area contributed by atoms with Gasteiger partial charge in [0, 0.05) is 42.9 Å². The monoisotopic (exact) mass is 457 g/mol. The Morgan fingerprint density at radius 1 is 1.00 bits per heavy atom. The van der Waals surface area contributed by atoms with Crippen LogP contribution in [0.15, 0.2) is 42.5 Å². The molecule has 0 atom stereocenters. The Labute approximate surface area is 190 Å². The van der Waals surface area contributed by atoms with E-state index >= 15 is 0 Å².